The molecule has 1 atom stereocenters. The van der Waals surface area contributed by atoms with Gasteiger partial charge in [0, 0.05) is 12.6 Å². The molecule has 0 saturated heterocycles. The molecule has 2 aromatic carbocycles. The third kappa shape index (κ3) is 6.79. The molecule has 0 spiro atoms. The standard InChI is InChI=1S/C25H32FN3O4S/c1-3-23(25(31)27-21-13-7-8-14-21)28(17-19-10-5-4-6-11-19)24(30)18-29(34(2,32)33)22-15-9-12-20(26)16-22/h4-6,9-12,15-16,21,23H,3,7-8,13-14,17-18H2,1-2H3,(H,27,31). The van der Waals surface area contributed by atoms with E-state index in [2.05, 4.69) is 5.32 Å². The Hall–Kier alpha value is -2.94. The highest BCUT2D eigenvalue weighted by molar-refractivity contribution is 7.92. The maximum absolute atomic E-state index is 13.8. The zero-order valence-corrected chi connectivity index (χ0v) is 20.4. The molecular weight excluding hydrogens is 457 g/mol. The van der Waals surface area contributed by atoms with Crippen molar-refractivity contribution in [2.75, 3.05) is 17.1 Å². The number of halogens is 1. The van der Waals surface area contributed by atoms with Crippen LogP contribution in [0.1, 0.15) is 44.6 Å². The van der Waals surface area contributed by atoms with Gasteiger partial charge in [0.2, 0.25) is 21.8 Å². The van der Waals surface area contributed by atoms with Crippen LogP contribution >= 0.6 is 0 Å². The van der Waals surface area contributed by atoms with Crippen molar-refractivity contribution in [2.45, 2.75) is 57.7 Å². The highest BCUT2D eigenvalue weighted by Gasteiger charge is 2.33. The first-order chi connectivity index (χ1) is 16.2. The number of anilines is 1. The van der Waals surface area contributed by atoms with Crippen LogP contribution < -0.4 is 9.62 Å². The molecular formula is C25H32FN3O4S. The van der Waals surface area contributed by atoms with Crippen LogP contribution in [-0.2, 0) is 26.2 Å². The number of rotatable bonds is 10. The smallest absolute Gasteiger partial charge is 0.244 e. The number of hydrogen-bond donors (Lipinski definition) is 1. The van der Waals surface area contributed by atoms with Crippen molar-refractivity contribution in [3.05, 3.63) is 66.0 Å². The summed E-state index contributed by atoms with van der Waals surface area (Å²) in [4.78, 5) is 28.2. The Balaban J connectivity index is 1.90. The monoisotopic (exact) mass is 489 g/mol. The second-order valence-corrected chi connectivity index (χ2v) is 10.6. The Labute approximate surface area is 201 Å². The molecule has 1 saturated carbocycles. The van der Waals surface area contributed by atoms with E-state index in [-0.39, 0.29) is 24.2 Å². The quantitative estimate of drug-likeness (QED) is 0.554. The largest absolute Gasteiger partial charge is 0.352 e. The first-order valence-corrected chi connectivity index (χ1v) is 13.4. The molecule has 0 radical (unpaired) electrons. The summed E-state index contributed by atoms with van der Waals surface area (Å²) in [7, 11) is -3.89. The van der Waals surface area contributed by atoms with E-state index < -0.39 is 34.3 Å². The summed E-state index contributed by atoms with van der Waals surface area (Å²) < 4.78 is 39.7. The van der Waals surface area contributed by atoms with E-state index in [0.29, 0.717) is 6.42 Å². The van der Waals surface area contributed by atoms with Crippen molar-refractivity contribution in [3.8, 4) is 0 Å². The summed E-state index contributed by atoms with van der Waals surface area (Å²) in [5, 5.41) is 3.06. The van der Waals surface area contributed by atoms with Gasteiger partial charge in [0.05, 0.1) is 11.9 Å². The minimum Gasteiger partial charge on any atom is -0.352 e. The lowest BCUT2D eigenvalue weighted by molar-refractivity contribution is -0.140. The van der Waals surface area contributed by atoms with Crippen LogP contribution in [0, 0.1) is 5.82 Å². The number of amides is 2. The Kier molecular flexibility index (Phi) is 8.66. The summed E-state index contributed by atoms with van der Waals surface area (Å²) in [5.74, 6) is -1.38. The molecule has 1 aliphatic carbocycles. The molecule has 0 aliphatic heterocycles. The van der Waals surface area contributed by atoms with E-state index in [0.717, 1.165) is 47.9 Å². The van der Waals surface area contributed by atoms with Crippen LogP contribution in [0.3, 0.4) is 0 Å². The maximum atomic E-state index is 13.8. The third-order valence-corrected chi connectivity index (χ3v) is 7.20. The Morgan fingerprint density at radius 3 is 2.35 bits per heavy atom. The summed E-state index contributed by atoms with van der Waals surface area (Å²) in [6.45, 7) is 1.43. The van der Waals surface area contributed by atoms with Crippen LogP contribution in [0.25, 0.3) is 0 Å². The average molecular weight is 490 g/mol. The Morgan fingerprint density at radius 1 is 1.09 bits per heavy atom. The summed E-state index contributed by atoms with van der Waals surface area (Å²) in [5.41, 5.74) is 0.874. The van der Waals surface area contributed by atoms with Gasteiger partial charge in [-0.2, -0.15) is 0 Å². The Bertz CT molecular complexity index is 1090. The number of hydrogen-bond acceptors (Lipinski definition) is 4. The second kappa shape index (κ2) is 11.5. The molecule has 1 N–H and O–H groups in total. The molecule has 7 nitrogen and oxygen atoms in total. The van der Waals surface area contributed by atoms with Gasteiger partial charge in [-0.3, -0.25) is 13.9 Å². The van der Waals surface area contributed by atoms with Gasteiger partial charge < -0.3 is 10.2 Å². The van der Waals surface area contributed by atoms with Crippen LogP contribution in [0.2, 0.25) is 0 Å². The van der Waals surface area contributed by atoms with E-state index >= 15 is 0 Å². The van der Waals surface area contributed by atoms with Crippen LogP contribution in [-0.4, -0.2) is 50.0 Å². The lowest BCUT2D eigenvalue weighted by atomic mass is 10.1. The summed E-state index contributed by atoms with van der Waals surface area (Å²) >= 11 is 0. The highest BCUT2D eigenvalue weighted by Crippen LogP contribution is 2.22. The summed E-state index contributed by atoms with van der Waals surface area (Å²) in [6, 6.07) is 13.7. The van der Waals surface area contributed by atoms with Gasteiger partial charge in [-0.1, -0.05) is 56.2 Å². The molecule has 1 unspecified atom stereocenters. The average Bonchev–Trinajstić information content (AvgIpc) is 3.30. The topological polar surface area (TPSA) is 86.8 Å². The predicted octanol–water partition coefficient (Wildman–Crippen LogP) is 3.46. The SMILES string of the molecule is CCC(C(=O)NC1CCCC1)N(Cc1ccccc1)C(=O)CN(c1cccc(F)c1)S(C)(=O)=O. The first-order valence-electron chi connectivity index (χ1n) is 11.6. The van der Waals surface area contributed by atoms with E-state index in [1.165, 1.54) is 23.1 Å². The number of nitrogens with one attached hydrogen (secondary N) is 1. The number of carbonyl (C=O) groups excluding carboxylic acids is 2. The lowest BCUT2D eigenvalue weighted by Crippen LogP contribution is -2.53. The zero-order valence-electron chi connectivity index (χ0n) is 19.6. The molecule has 34 heavy (non-hydrogen) atoms. The molecule has 2 aromatic rings. The fraction of sp³-hybridized carbons (Fsp3) is 0.440. The molecule has 0 aromatic heterocycles. The molecule has 0 bridgehead atoms. The first kappa shape index (κ1) is 25.7. The van der Waals surface area contributed by atoms with Crippen LogP contribution in [0.4, 0.5) is 10.1 Å². The molecule has 0 heterocycles. The second-order valence-electron chi connectivity index (χ2n) is 8.67. The van der Waals surface area contributed by atoms with Crippen molar-refractivity contribution < 1.29 is 22.4 Å². The minimum atomic E-state index is -3.89. The minimum absolute atomic E-state index is 0.0546. The summed E-state index contributed by atoms with van der Waals surface area (Å²) in [6.07, 6.45) is 5.29. The molecule has 2 amide bonds. The van der Waals surface area contributed by atoms with Gasteiger partial charge in [0.15, 0.2) is 0 Å². The maximum Gasteiger partial charge on any atom is 0.244 e. The zero-order chi connectivity index (χ0) is 24.7. The van der Waals surface area contributed by atoms with Gasteiger partial charge >= 0.3 is 0 Å². The highest BCUT2D eigenvalue weighted by atomic mass is 32.2. The van der Waals surface area contributed by atoms with Crippen molar-refractivity contribution >= 4 is 27.5 Å². The van der Waals surface area contributed by atoms with E-state index in [1.54, 1.807) is 0 Å². The lowest BCUT2D eigenvalue weighted by Gasteiger charge is -2.33. The van der Waals surface area contributed by atoms with E-state index in [4.69, 9.17) is 0 Å². The van der Waals surface area contributed by atoms with Crippen molar-refractivity contribution in [2.24, 2.45) is 0 Å². The van der Waals surface area contributed by atoms with E-state index in [9.17, 15) is 22.4 Å². The molecule has 3 rings (SSSR count). The van der Waals surface area contributed by atoms with Gasteiger partial charge in [-0.25, -0.2) is 12.8 Å². The van der Waals surface area contributed by atoms with Crippen molar-refractivity contribution in [1.82, 2.24) is 10.2 Å². The molecule has 9 heteroatoms. The number of nitrogens with zero attached hydrogens (tertiary/aromatic N) is 2. The fourth-order valence-corrected chi connectivity index (χ4v) is 5.15. The molecule has 1 aliphatic rings. The van der Waals surface area contributed by atoms with Gasteiger partial charge in [0.1, 0.15) is 18.4 Å². The Morgan fingerprint density at radius 2 is 1.76 bits per heavy atom. The normalized spacial score (nSPS) is 15.0. The van der Waals surface area contributed by atoms with Gasteiger partial charge in [0.25, 0.3) is 0 Å². The number of sulfonamides is 1. The van der Waals surface area contributed by atoms with Crippen molar-refractivity contribution in [3.63, 3.8) is 0 Å². The third-order valence-electron chi connectivity index (χ3n) is 6.06. The number of carbonyl (C=O) groups is 2. The number of benzene rings is 2. The van der Waals surface area contributed by atoms with Crippen LogP contribution in [0.15, 0.2) is 54.6 Å². The molecule has 1 fully saturated rings. The fourth-order valence-electron chi connectivity index (χ4n) is 4.31. The van der Waals surface area contributed by atoms with Crippen LogP contribution in [0.5, 0.6) is 0 Å². The predicted molar refractivity (Wildman–Crippen MR) is 130 cm³/mol. The van der Waals surface area contributed by atoms with Gasteiger partial charge in [-0.15, -0.1) is 0 Å². The molecule has 184 valence electrons. The van der Waals surface area contributed by atoms with E-state index in [1.807, 2.05) is 37.3 Å². The van der Waals surface area contributed by atoms with Gasteiger partial charge in [-0.05, 0) is 43.0 Å². The van der Waals surface area contributed by atoms with Crippen molar-refractivity contribution in [1.29, 1.82) is 0 Å².